The highest BCUT2D eigenvalue weighted by Gasteiger charge is 2.32. The van der Waals surface area contributed by atoms with E-state index in [2.05, 4.69) is 20.8 Å². The smallest absolute Gasteiger partial charge is 0.240 e. The second-order valence-electron chi connectivity index (χ2n) is 8.44. The number of aromatic nitrogens is 2. The number of para-hydroxylation sites is 1. The molecule has 0 spiro atoms. The number of amidine groups is 1. The fourth-order valence-corrected chi connectivity index (χ4v) is 4.69. The molecule has 1 saturated heterocycles. The van der Waals surface area contributed by atoms with Gasteiger partial charge < -0.3 is 10.6 Å². The van der Waals surface area contributed by atoms with Crippen LogP contribution in [0.25, 0.3) is 16.9 Å². The molecule has 2 amide bonds. The third-order valence-corrected chi connectivity index (χ3v) is 6.71. The quantitative estimate of drug-likeness (QED) is 0.277. The molecule has 1 fully saturated rings. The Hall–Kier alpha value is -4.50. The van der Waals surface area contributed by atoms with E-state index in [1.807, 2.05) is 98.0 Å². The molecule has 1 unspecified atom stereocenters. The minimum atomic E-state index is -0.569. The summed E-state index contributed by atoms with van der Waals surface area (Å²) in [7, 11) is 0. The van der Waals surface area contributed by atoms with Crippen molar-refractivity contribution < 1.29 is 9.59 Å². The fourth-order valence-electron chi connectivity index (χ4n) is 3.76. The summed E-state index contributed by atoms with van der Waals surface area (Å²) in [6, 6.07) is 27.2. The van der Waals surface area contributed by atoms with Gasteiger partial charge in [-0.3, -0.25) is 9.59 Å². The molecule has 0 bridgehead atoms. The molecule has 4 aromatic rings. The zero-order valence-corrected chi connectivity index (χ0v) is 20.9. The van der Waals surface area contributed by atoms with E-state index in [0.717, 1.165) is 28.1 Å². The van der Waals surface area contributed by atoms with E-state index in [1.165, 1.54) is 11.8 Å². The maximum Gasteiger partial charge on any atom is 0.240 e. The van der Waals surface area contributed by atoms with E-state index in [9.17, 15) is 9.59 Å². The molecule has 2 heterocycles. The van der Waals surface area contributed by atoms with Crippen molar-refractivity contribution >= 4 is 40.6 Å². The molecule has 0 radical (unpaired) electrons. The number of hydrogen-bond donors (Lipinski definition) is 2. The molecule has 9 heteroatoms. The Morgan fingerprint density at radius 3 is 2.49 bits per heavy atom. The molecule has 3 aromatic carbocycles. The highest BCUT2D eigenvalue weighted by Crippen LogP contribution is 2.24. The fraction of sp³-hybridized carbons (Fsp3) is 0.107. The molecule has 1 aromatic heterocycles. The van der Waals surface area contributed by atoms with Crippen LogP contribution < -0.4 is 10.6 Å². The number of anilines is 1. The molecule has 1 aliphatic rings. The molecule has 37 heavy (non-hydrogen) atoms. The summed E-state index contributed by atoms with van der Waals surface area (Å²) in [6.45, 7) is 1.98. The van der Waals surface area contributed by atoms with Gasteiger partial charge in [0.15, 0.2) is 5.17 Å². The Kier molecular flexibility index (Phi) is 7.23. The Morgan fingerprint density at radius 1 is 1.05 bits per heavy atom. The number of amides is 2. The van der Waals surface area contributed by atoms with Crippen LogP contribution >= 0.6 is 11.8 Å². The van der Waals surface area contributed by atoms with Crippen LogP contribution in [-0.4, -0.2) is 38.2 Å². The van der Waals surface area contributed by atoms with E-state index >= 15 is 0 Å². The first-order chi connectivity index (χ1) is 18.0. The third kappa shape index (κ3) is 6.02. The summed E-state index contributed by atoms with van der Waals surface area (Å²) in [5.41, 5.74) is 5.23. The van der Waals surface area contributed by atoms with Gasteiger partial charge >= 0.3 is 0 Å². The van der Waals surface area contributed by atoms with Gasteiger partial charge in [0.25, 0.3) is 0 Å². The van der Waals surface area contributed by atoms with Crippen LogP contribution in [0.1, 0.15) is 17.5 Å². The SMILES string of the molecule is Cc1ccc(NC(=O)CC2S/C(=N\N=C\c3cn(-c4ccccc4)nc3-c3ccccc3)NC2=O)cc1. The first-order valence-corrected chi connectivity index (χ1v) is 12.6. The first kappa shape index (κ1) is 24.2. The topological polar surface area (TPSA) is 101 Å². The molecule has 184 valence electrons. The van der Waals surface area contributed by atoms with Crippen molar-refractivity contribution in [2.24, 2.45) is 10.2 Å². The summed E-state index contributed by atoms with van der Waals surface area (Å²) >= 11 is 1.19. The number of thioether (sulfide) groups is 1. The monoisotopic (exact) mass is 508 g/mol. The molecule has 2 N–H and O–H groups in total. The lowest BCUT2D eigenvalue weighted by molar-refractivity contribution is -0.122. The Morgan fingerprint density at radius 2 is 1.76 bits per heavy atom. The average Bonchev–Trinajstić information content (AvgIpc) is 3.50. The maximum absolute atomic E-state index is 12.4. The number of rotatable bonds is 7. The van der Waals surface area contributed by atoms with Crippen molar-refractivity contribution in [2.75, 3.05) is 5.32 Å². The predicted molar refractivity (Wildman–Crippen MR) is 148 cm³/mol. The number of nitrogens with zero attached hydrogens (tertiary/aromatic N) is 4. The minimum absolute atomic E-state index is 0.0368. The number of aryl methyl sites for hydroxylation is 1. The Balaban J connectivity index is 1.28. The second kappa shape index (κ2) is 11.0. The van der Waals surface area contributed by atoms with Crippen molar-refractivity contribution in [1.82, 2.24) is 15.1 Å². The highest BCUT2D eigenvalue weighted by atomic mass is 32.2. The van der Waals surface area contributed by atoms with E-state index in [-0.39, 0.29) is 18.2 Å². The van der Waals surface area contributed by atoms with E-state index in [0.29, 0.717) is 10.9 Å². The number of hydrogen-bond acceptors (Lipinski definition) is 6. The lowest BCUT2D eigenvalue weighted by atomic mass is 10.1. The van der Waals surface area contributed by atoms with Crippen molar-refractivity contribution in [1.29, 1.82) is 0 Å². The molecular formula is C28H24N6O2S. The standard InChI is InChI=1S/C28H24N6O2S/c1-19-12-14-22(15-13-19)30-25(35)16-24-27(36)31-28(37-24)32-29-17-21-18-34(23-10-6-3-7-11-23)33-26(21)20-8-4-2-5-9-20/h2-15,17-18,24H,16H2,1H3,(H,30,35)(H,31,32,36)/b29-17+. The van der Waals surface area contributed by atoms with E-state index in [1.54, 1.807) is 10.9 Å². The highest BCUT2D eigenvalue weighted by molar-refractivity contribution is 8.15. The number of carbonyl (C=O) groups excluding carboxylic acids is 2. The predicted octanol–water partition coefficient (Wildman–Crippen LogP) is 4.80. The normalized spacial score (nSPS) is 16.3. The molecule has 0 saturated carbocycles. The lowest BCUT2D eigenvalue weighted by Gasteiger charge is -2.07. The molecule has 0 aliphatic carbocycles. The van der Waals surface area contributed by atoms with Crippen LogP contribution in [0.5, 0.6) is 0 Å². The summed E-state index contributed by atoms with van der Waals surface area (Å²) < 4.78 is 1.80. The number of benzene rings is 3. The van der Waals surface area contributed by atoms with Crippen LogP contribution in [0.4, 0.5) is 5.69 Å². The number of nitrogens with one attached hydrogen (secondary N) is 2. The van der Waals surface area contributed by atoms with Crippen molar-refractivity contribution in [3.8, 4) is 16.9 Å². The van der Waals surface area contributed by atoms with Crippen LogP contribution in [0.2, 0.25) is 0 Å². The maximum atomic E-state index is 12.4. The summed E-state index contributed by atoms with van der Waals surface area (Å²) in [4.78, 5) is 24.8. The zero-order valence-electron chi connectivity index (χ0n) is 20.0. The van der Waals surface area contributed by atoms with E-state index in [4.69, 9.17) is 5.10 Å². The summed E-state index contributed by atoms with van der Waals surface area (Å²) in [6.07, 6.45) is 3.54. The van der Waals surface area contributed by atoms with Gasteiger partial charge in [-0.1, -0.05) is 78.0 Å². The molecule has 1 aliphatic heterocycles. The second-order valence-corrected chi connectivity index (χ2v) is 9.63. The van der Waals surface area contributed by atoms with Gasteiger partial charge in [-0.15, -0.1) is 5.10 Å². The molecule has 1 atom stereocenters. The minimum Gasteiger partial charge on any atom is -0.326 e. The van der Waals surface area contributed by atoms with Crippen LogP contribution in [0.3, 0.4) is 0 Å². The third-order valence-electron chi connectivity index (χ3n) is 5.64. The van der Waals surface area contributed by atoms with E-state index < -0.39 is 5.25 Å². The molecule has 5 rings (SSSR count). The van der Waals surface area contributed by atoms with Crippen molar-refractivity contribution in [3.05, 3.63) is 102 Å². The molecular weight excluding hydrogens is 484 g/mol. The first-order valence-electron chi connectivity index (χ1n) is 11.7. The molecule has 8 nitrogen and oxygen atoms in total. The van der Waals surface area contributed by atoms with Gasteiger partial charge in [-0.25, -0.2) is 4.68 Å². The number of carbonyl (C=O) groups is 2. The van der Waals surface area contributed by atoms with Gasteiger partial charge in [0.05, 0.1) is 11.9 Å². The van der Waals surface area contributed by atoms with Gasteiger partial charge in [0.1, 0.15) is 10.9 Å². The van der Waals surface area contributed by atoms with Crippen molar-refractivity contribution in [2.45, 2.75) is 18.6 Å². The van der Waals surface area contributed by atoms with Gasteiger partial charge in [-0.2, -0.15) is 10.2 Å². The van der Waals surface area contributed by atoms with Crippen LogP contribution in [-0.2, 0) is 9.59 Å². The van der Waals surface area contributed by atoms with Crippen LogP contribution in [0.15, 0.2) is 101 Å². The lowest BCUT2D eigenvalue weighted by Crippen LogP contribution is -2.28. The Labute approximate surface area is 218 Å². The van der Waals surface area contributed by atoms with Crippen LogP contribution in [0, 0.1) is 6.92 Å². The van der Waals surface area contributed by atoms with Gasteiger partial charge in [0, 0.05) is 29.4 Å². The van der Waals surface area contributed by atoms with Crippen molar-refractivity contribution in [3.63, 3.8) is 0 Å². The Bertz CT molecular complexity index is 1460. The zero-order chi connectivity index (χ0) is 25.6. The van der Waals surface area contributed by atoms with Gasteiger partial charge in [-0.05, 0) is 31.2 Å². The largest absolute Gasteiger partial charge is 0.326 e. The van der Waals surface area contributed by atoms with Gasteiger partial charge in [0.2, 0.25) is 11.8 Å². The summed E-state index contributed by atoms with van der Waals surface area (Å²) in [5.74, 6) is -0.498. The summed E-state index contributed by atoms with van der Waals surface area (Å²) in [5, 5.41) is 18.5. The average molecular weight is 509 g/mol.